The predicted molar refractivity (Wildman–Crippen MR) is 116 cm³/mol. The molecule has 9 heteroatoms. The summed E-state index contributed by atoms with van der Waals surface area (Å²) in [5.74, 6) is 1.08. The molecule has 4 heterocycles. The highest BCUT2D eigenvalue weighted by atomic mass is 16.5. The number of hydrogen-bond donors (Lipinski definition) is 0. The first kappa shape index (κ1) is 19.7. The lowest BCUT2D eigenvalue weighted by Crippen LogP contribution is -2.43. The molecule has 1 aromatic carbocycles. The molecule has 0 atom stereocenters. The molecule has 160 valence electrons. The van der Waals surface area contributed by atoms with Gasteiger partial charge in [0.05, 0.1) is 18.8 Å². The normalized spacial score (nSPS) is 15.7. The standard InChI is InChI=1S/C22H25N7O2/c1-16-3-5-17(6-4-16)18-13-19-22(30)28(11-12-29(19)24-18)14-20-23-21(31-25-20)15-27-9-7-26(2)8-10-27/h3-6,11-13H,7-10,14-15H2,1-2H3. The zero-order valence-electron chi connectivity index (χ0n) is 17.7. The zero-order valence-corrected chi connectivity index (χ0v) is 17.7. The summed E-state index contributed by atoms with van der Waals surface area (Å²) in [6.45, 7) is 6.97. The van der Waals surface area contributed by atoms with Crippen molar-refractivity contribution in [3.05, 3.63) is 70.4 Å². The summed E-state index contributed by atoms with van der Waals surface area (Å²) < 4.78 is 8.61. The fraction of sp³-hybridized carbons (Fsp3) is 0.364. The lowest BCUT2D eigenvalue weighted by atomic mass is 10.1. The second kappa shape index (κ2) is 8.09. The number of hydrogen-bond acceptors (Lipinski definition) is 7. The second-order valence-electron chi connectivity index (χ2n) is 8.14. The molecule has 0 radical (unpaired) electrons. The van der Waals surface area contributed by atoms with E-state index in [9.17, 15) is 4.79 Å². The van der Waals surface area contributed by atoms with Crippen LogP contribution in [0.3, 0.4) is 0 Å². The number of benzene rings is 1. The van der Waals surface area contributed by atoms with Crippen LogP contribution in [0.1, 0.15) is 17.3 Å². The Balaban J connectivity index is 1.34. The van der Waals surface area contributed by atoms with Gasteiger partial charge in [0, 0.05) is 44.1 Å². The highest BCUT2D eigenvalue weighted by molar-refractivity contribution is 5.65. The summed E-state index contributed by atoms with van der Waals surface area (Å²) in [5.41, 5.74) is 3.30. The van der Waals surface area contributed by atoms with E-state index in [2.05, 4.69) is 32.1 Å². The van der Waals surface area contributed by atoms with Crippen molar-refractivity contribution in [1.82, 2.24) is 34.1 Å². The summed E-state index contributed by atoms with van der Waals surface area (Å²) in [6.07, 6.45) is 3.48. The highest BCUT2D eigenvalue weighted by Crippen LogP contribution is 2.19. The molecular weight excluding hydrogens is 394 g/mol. The van der Waals surface area contributed by atoms with Crippen LogP contribution in [0.15, 0.2) is 52.0 Å². The van der Waals surface area contributed by atoms with E-state index in [1.165, 1.54) is 5.56 Å². The summed E-state index contributed by atoms with van der Waals surface area (Å²) in [6, 6.07) is 9.91. The van der Waals surface area contributed by atoms with Crippen molar-refractivity contribution in [1.29, 1.82) is 0 Å². The topological polar surface area (TPSA) is 84.7 Å². The summed E-state index contributed by atoms with van der Waals surface area (Å²) in [5, 5.41) is 8.61. The number of aromatic nitrogens is 5. The minimum atomic E-state index is -0.140. The molecule has 0 unspecified atom stereocenters. The maximum absolute atomic E-state index is 13.0. The maximum atomic E-state index is 13.0. The quantitative estimate of drug-likeness (QED) is 0.486. The van der Waals surface area contributed by atoms with Gasteiger partial charge < -0.3 is 14.0 Å². The number of fused-ring (bicyclic) bond motifs is 1. The van der Waals surface area contributed by atoms with Gasteiger partial charge in [-0.15, -0.1) is 0 Å². The third kappa shape index (κ3) is 4.14. The number of nitrogens with zero attached hydrogens (tertiary/aromatic N) is 7. The van der Waals surface area contributed by atoms with Crippen LogP contribution in [0.25, 0.3) is 16.8 Å². The molecule has 1 aliphatic heterocycles. The van der Waals surface area contributed by atoms with Gasteiger partial charge in [0.15, 0.2) is 5.82 Å². The van der Waals surface area contributed by atoms with Crippen molar-refractivity contribution in [3.8, 4) is 11.3 Å². The van der Waals surface area contributed by atoms with Gasteiger partial charge in [-0.2, -0.15) is 10.1 Å². The Labute approximate surface area is 179 Å². The Bertz CT molecular complexity index is 1250. The molecule has 1 saturated heterocycles. The molecule has 0 aliphatic carbocycles. The Hall–Kier alpha value is -3.30. The fourth-order valence-electron chi connectivity index (χ4n) is 3.78. The van der Waals surface area contributed by atoms with Gasteiger partial charge in [0.25, 0.3) is 5.56 Å². The maximum Gasteiger partial charge on any atom is 0.277 e. The molecule has 0 N–H and O–H groups in total. The van der Waals surface area contributed by atoms with Gasteiger partial charge in [-0.1, -0.05) is 35.0 Å². The highest BCUT2D eigenvalue weighted by Gasteiger charge is 2.17. The van der Waals surface area contributed by atoms with Crippen molar-refractivity contribution >= 4 is 5.52 Å². The number of likely N-dealkylation sites (N-methyl/N-ethyl adjacent to an activating group) is 1. The van der Waals surface area contributed by atoms with Gasteiger partial charge >= 0.3 is 0 Å². The molecule has 9 nitrogen and oxygen atoms in total. The Morgan fingerprint density at radius 2 is 1.81 bits per heavy atom. The minimum absolute atomic E-state index is 0.140. The molecule has 1 fully saturated rings. The van der Waals surface area contributed by atoms with Crippen LogP contribution in [0.4, 0.5) is 0 Å². The van der Waals surface area contributed by atoms with Crippen LogP contribution in [-0.4, -0.2) is 67.3 Å². The molecule has 0 saturated carbocycles. The molecule has 4 aromatic rings. The van der Waals surface area contributed by atoms with Crippen molar-refractivity contribution in [2.75, 3.05) is 33.2 Å². The molecule has 0 spiro atoms. The molecule has 5 rings (SSSR count). The van der Waals surface area contributed by atoms with Crippen LogP contribution in [0.2, 0.25) is 0 Å². The van der Waals surface area contributed by atoms with E-state index in [1.807, 2.05) is 37.3 Å². The van der Waals surface area contributed by atoms with Crippen LogP contribution >= 0.6 is 0 Å². The first-order valence-corrected chi connectivity index (χ1v) is 10.4. The summed E-state index contributed by atoms with van der Waals surface area (Å²) in [4.78, 5) is 22.1. The van der Waals surface area contributed by atoms with E-state index >= 15 is 0 Å². The van der Waals surface area contributed by atoms with E-state index in [0.717, 1.165) is 37.4 Å². The Morgan fingerprint density at radius 1 is 1.03 bits per heavy atom. The average molecular weight is 419 g/mol. The van der Waals surface area contributed by atoms with E-state index < -0.39 is 0 Å². The molecule has 1 aliphatic rings. The third-order valence-electron chi connectivity index (χ3n) is 5.73. The van der Waals surface area contributed by atoms with Gasteiger partial charge in [0.1, 0.15) is 5.52 Å². The van der Waals surface area contributed by atoms with E-state index in [-0.39, 0.29) is 12.1 Å². The Morgan fingerprint density at radius 3 is 2.58 bits per heavy atom. The van der Waals surface area contributed by atoms with Crippen LogP contribution in [0.5, 0.6) is 0 Å². The Kier molecular flexibility index (Phi) is 5.13. The average Bonchev–Trinajstić information content (AvgIpc) is 3.40. The van der Waals surface area contributed by atoms with Crippen LogP contribution in [0, 0.1) is 6.92 Å². The van der Waals surface area contributed by atoms with E-state index in [1.54, 1.807) is 21.5 Å². The SMILES string of the molecule is Cc1ccc(-c2cc3c(=O)n(Cc4noc(CN5CCN(C)CC5)n4)ccn3n2)cc1. The number of rotatable bonds is 5. The van der Waals surface area contributed by atoms with Gasteiger partial charge in [-0.3, -0.25) is 9.69 Å². The van der Waals surface area contributed by atoms with Crippen molar-refractivity contribution in [3.63, 3.8) is 0 Å². The zero-order chi connectivity index (χ0) is 21.4. The van der Waals surface area contributed by atoms with Gasteiger partial charge in [-0.25, -0.2) is 4.52 Å². The predicted octanol–water partition coefficient (Wildman–Crippen LogP) is 1.65. The van der Waals surface area contributed by atoms with Gasteiger partial charge in [-0.05, 0) is 20.0 Å². The van der Waals surface area contributed by atoms with E-state index in [4.69, 9.17) is 4.52 Å². The van der Waals surface area contributed by atoms with Crippen molar-refractivity contribution in [2.45, 2.75) is 20.0 Å². The van der Waals surface area contributed by atoms with Crippen LogP contribution in [-0.2, 0) is 13.1 Å². The molecule has 3 aromatic heterocycles. The molecule has 31 heavy (non-hydrogen) atoms. The molecule has 0 amide bonds. The van der Waals surface area contributed by atoms with Crippen LogP contribution < -0.4 is 5.56 Å². The lowest BCUT2D eigenvalue weighted by molar-refractivity contribution is 0.135. The largest absolute Gasteiger partial charge is 0.338 e. The van der Waals surface area contributed by atoms with E-state index in [0.29, 0.717) is 23.8 Å². The van der Waals surface area contributed by atoms with Crippen molar-refractivity contribution in [2.24, 2.45) is 0 Å². The second-order valence-corrected chi connectivity index (χ2v) is 8.14. The molecule has 0 bridgehead atoms. The monoisotopic (exact) mass is 419 g/mol. The van der Waals surface area contributed by atoms with Crippen molar-refractivity contribution < 1.29 is 4.52 Å². The third-order valence-corrected chi connectivity index (χ3v) is 5.73. The fourth-order valence-corrected chi connectivity index (χ4v) is 3.78. The summed E-state index contributed by atoms with van der Waals surface area (Å²) in [7, 11) is 2.13. The first-order valence-electron chi connectivity index (χ1n) is 10.4. The minimum Gasteiger partial charge on any atom is -0.338 e. The smallest absolute Gasteiger partial charge is 0.277 e. The molecular formula is C22H25N7O2. The number of piperazine rings is 1. The van der Waals surface area contributed by atoms with Gasteiger partial charge in [0.2, 0.25) is 5.89 Å². The first-order chi connectivity index (χ1) is 15.0. The summed E-state index contributed by atoms with van der Waals surface area (Å²) >= 11 is 0. The lowest BCUT2D eigenvalue weighted by Gasteiger charge is -2.31. The number of aryl methyl sites for hydroxylation is 1.